The summed E-state index contributed by atoms with van der Waals surface area (Å²) < 4.78 is 6.19. The Morgan fingerprint density at radius 3 is 2.57 bits per heavy atom. The van der Waals surface area contributed by atoms with Crippen LogP contribution in [0.15, 0.2) is 54.6 Å². The van der Waals surface area contributed by atoms with Crippen LogP contribution in [0.1, 0.15) is 30.4 Å². The zero-order chi connectivity index (χ0) is 14.5. The summed E-state index contributed by atoms with van der Waals surface area (Å²) in [5.41, 5.74) is 2.30. The first-order valence-electron chi connectivity index (χ1n) is 7.75. The van der Waals surface area contributed by atoms with E-state index in [1.165, 1.54) is 18.4 Å². The maximum absolute atomic E-state index is 9.21. The molecule has 1 fully saturated rings. The highest BCUT2D eigenvalue weighted by Gasteiger charge is 2.29. The molecule has 110 valence electrons. The van der Waals surface area contributed by atoms with Crippen LogP contribution in [-0.4, -0.2) is 11.2 Å². The first-order valence-corrected chi connectivity index (χ1v) is 7.75. The van der Waals surface area contributed by atoms with Crippen molar-refractivity contribution < 1.29 is 9.84 Å². The quantitative estimate of drug-likeness (QED) is 0.899. The maximum Gasteiger partial charge on any atom is 0.120 e. The van der Waals surface area contributed by atoms with Gasteiger partial charge in [-0.1, -0.05) is 42.5 Å². The SMILES string of the molecule is OCc1cccc(O[C@@H]2CCC[C@@H]2Cc2ccccc2)c1. The molecule has 3 rings (SSSR count). The Bertz CT molecular complexity index is 565. The van der Waals surface area contributed by atoms with Gasteiger partial charge in [-0.15, -0.1) is 0 Å². The topological polar surface area (TPSA) is 29.5 Å². The Morgan fingerprint density at radius 2 is 1.76 bits per heavy atom. The summed E-state index contributed by atoms with van der Waals surface area (Å²) in [5.74, 6) is 1.47. The molecule has 0 radical (unpaired) electrons. The molecule has 0 unspecified atom stereocenters. The second kappa shape index (κ2) is 6.77. The van der Waals surface area contributed by atoms with Crippen LogP contribution in [0.2, 0.25) is 0 Å². The molecule has 0 aromatic heterocycles. The van der Waals surface area contributed by atoms with Crippen LogP contribution in [0.5, 0.6) is 5.75 Å². The minimum absolute atomic E-state index is 0.0648. The van der Waals surface area contributed by atoms with Crippen LogP contribution in [-0.2, 0) is 13.0 Å². The molecule has 0 aliphatic heterocycles. The van der Waals surface area contributed by atoms with Gasteiger partial charge in [0.25, 0.3) is 0 Å². The molecule has 2 heteroatoms. The number of aliphatic hydroxyl groups excluding tert-OH is 1. The Balaban J connectivity index is 1.66. The molecule has 21 heavy (non-hydrogen) atoms. The Labute approximate surface area is 126 Å². The second-order valence-corrected chi connectivity index (χ2v) is 5.84. The van der Waals surface area contributed by atoms with Crippen molar-refractivity contribution in [2.45, 2.75) is 38.4 Å². The van der Waals surface area contributed by atoms with Gasteiger partial charge >= 0.3 is 0 Å². The fourth-order valence-corrected chi connectivity index (χ4v) is 3.20. The van der Waals surface area contributed by atoms with E-state index in [1.54, 1.807) is 0 Å². The van der Waals surface area contributed by atoms with Gasteiger partial charge in [0.1, 0.15) is 11.9 Å². The lowest BCUT2D eigenvalue weighted by Gasteiger charge is -2.21. The molecule has 1 aliphatic carbocycles. The summed E-state index contributed by atoms with van der Waals surface area (Å²) in [6.45, 7) is 0.0648. The number of hydrogen-bond acceptors (Lipinski definition) is 2. The largest absolute Gasteiger partial charge is 0.490 e. The van der Waals surface area contributed by atoms with Crippen molar-refractivity contribution in [3.8, 4) is 5.75 Å². The highest BCUT2D eigenvalue weighted by atomic mass is 16.5. The molecule has 2 nitrogen and oxygen atoms in total. The minimum atomic E-state index is 0.0648. The zero-order valence-corrected chi connectivity index (χ0v) is 12.2. The van der Waals surface area contributed by atoms with Crippen LogP contribution in [0, 0.1) is 5.92 Å². The standard InChI is InChI=1S/C19H22O2/c20-14-16-8-4-10-18(13-16)21-19-11-5-9-17(19)12-15-6-2-1-3-7-15/h1-4,6-8,10,13,17,19-20H,5,9,11-12,14H2/t17-,19-/m1/s1. The molecule has 2 atom stereocenters. The number of benzene rings is 2. The van der Waals surface area contributed by atoms with Gasteiger partial charge in [-0.3, -0.25) is 0 Å². The first kappa shape index (κ1) is 14.2. The van der Waals surface area contributed by atoms with E-state index in [0.29, 0.717) is 12.0 Å². The normalized spacial score (nSPS) is 21.4. The molecule has 2 aromatic rings. The molecule has 0 saturated heterocycles. The van der Waals surface area contributed by atoms with Gasteiger partial charge in [0.15, 0.2) is 0 Å². The highest BCUT2D eigenvalue weighted by molar-refractivity contribution is 5.28. The monoisotopic (exact) mass is 282 g/mol. The Kier molecular flexibility index (Phi) is 4.56. The van der Waals surface area contributed by atoms with E-state index in [2.05, 4.69) is 30.3 Å². The lowest BCUT2D eigenvalue weighted by Crippen LogP contribution is -2.23. The number of rotatable bonds is 5. The van der Waals surface area contributed by atoms with Gasteiger partial charge in [-0.2, -0.15) is 0 Å². The van der Waals surface area contributed by atoms with Crippen LogP contribution in [0.25, 0.3) is 0 Å². The van der Waals surface area contributed by atoms with Crippen LogP contribution in [0.4, 0.5) is 0 Å². The third-order valence-electron chi connectivity index (χ3n) is 4.30. The summed E-state index contributed by atoms with van der Waals surface area (Å²) in [7, 11) is 0. The van der Waals surface area contributed by atoms with Gasteiger partial charge in [0.2, 0.25) is 0 Å². The maximum atomic E-state index is 9.21. The third kappa shape index (κ3) is 3.64. The van der Waals surface area contributed by atoms with Gasteiger partial charge in [0, 0.05) is 0 Å². The minimum Gasteiger partial charge on any atom is -0.490 e. The second-order valence-electron chi connectivity index (χ2n) is 5.84. The summed E-state index contributed by atoms with van der Waals surface area (Å²) in [6.07, 6.45) is 4.98. The molecule has 2 aromatic carbocycles. The van der Waals surface area contributed by atoms with E-state index < -0.39 is 0 Å². The van der Waals surface area contributed by atoms with Crippen molar-refractivity contribution in [3.05, 3.63) is 65.7 Å². The molecule has 0 spiro atoms. The molecule has 1 aliphatic rings. The Hall–Kier alpha value is -1.80. The van der Waals surface area contributed by atoms with Gasteiger partial charge in [-0.25, -0.2) is 0 Å². The molecule has 0 amide bonds. The van der Waals surface area contributed by atoms with Gasteiger partial charge in [0.05, 0.1) is 6.61 Å². The lowest BCUT2D eigenvalue weighted by molar-refractivity contribution is 0.158. The Morgan fingerprint density at radius 1 is 0.952 bits per heavy atom. The van der Waals surface area contributed by atoms with Crippen LogP contribution in [0.3, 0.4) is 0 Å². The van der Waals surface area contributed by atoms with Crippen molar-refractivity contribution in [1.29, 1.82) is 0 Å². The van der Waals surface area contributed by atoms with Crippen molar-refractivity contribution in [2.75, 3.05) is 0 Å². The summed E-state index contributed by atoms with van der Waals surface area (Å²) in [5, 5.41) is 9.21. The van der Waals surface area contributed by atoms with Gasteiger partial charge in [-0.05, 0) is 54.9 Å². The summed E-state index contributed by atoms with van der Waals surface area (Å²) >= 11 is 0. The zero-order valence-electron chi connectivity index (χ0n) is 12.2. The summed E-state index contributed by atoms with van der Waals surface area (Å²) in [4.78, 5) is 0. The molecule has 0 bridgehead atoms. The van der Waals surface area contributed by atoms with E-state index in [9.17, 15) is 5.11 Å². The van der Waals surface area contributed by atoms with Gasteiger partial charge < -0.3 is 9.84 Å². The van der Waals surface area contributed by atoms with Crippen molar-refractivity contribution in [3.63, 3.8) is 0 Å². The predicted molar refractivity (Wildman–Crippen MR) is 84.3 cm³/mol. The van der Waals surface area contributed by atoms with Crippen molar-refractivity contribution >= 4 is 0 Å². The molecule has 1 saturated carbocycles. The van der Waals surface area contributed by atoms with E-state index >= 15 is 0 Å². The third-order valence-corrected chi connectivity index (χ3v) is 4.30. The lowest BCUT2D eigenvalue weighted by atomic mass is 9.96. The predicted octanol–water partition coefficient (Wildman–Crippen LogP) is 3.97. The van der Waals surface area contributed by atoms with E-state index in [-0.39, 0.29) is 6.61 Å². The molecule has 0 heterocycles. The molecule has 1 N–H and O–H groups in total. The van der Waals surface area contributed by atoms with Crippen LogP contribution >= 0.6 is 0 Å². The molecular formula is C19H22O2. The molecular weight excluding hydrogens is 260 g/mol. The van der Waals surface area contributed by atoms with E-state index in [4.69, 9.17) is 4.74 Å². The van der Waals surface area contributed by atoms with Crippen LogP contribution < -0.4 is 4.74 Å². The number of ether oxygens (including phenoxy) is 1. The van der Waals surface area contributed by atoms with E-state index in [1.807, 2.05) is 24.3 Å². The average molecular weight is 282 g/mol. The number of hydrogen-bond donors (Lipinski definition) is 1. The van der Waals surface area contributed by atoms with E-state index in [0.717, 1.165) is 24.2 Å². The smallest absolute Gasteiger partial charge is 0.120 e. The fraction of sp³-hybridized carbons (Fsp3) is 0.368. The number of aliphatic hydroxyl groups is 1. The first-order chi connectivity index (χ1) is 10.3. The average Bonchev–Trinajstić information content (AvgIpc) is 2.95. The summed E-state index contributed by atoms with van der Waals surface area (Å²) in [6, 6.07) is 18.5. The van der Waals surface area contributed by atoms with Crippen molar-refractivity contribution in [2.24, 2.45) is 5.92 Å². The fourth-order valence-electron chi connectivity index (χ4n) is 3.20. The highest BCUT2D eigenvalue weighted by Crippen LogP contribution is 2.32. The van der Waals surface area contributed by atoms with Crippen molar-refractivity contribution in [1.82, 2.24) is 0 Å².